The van der Waals surface area contributed by atoms with Crippen molar-refractivity contribution in [2.75, 3.05) is 6.54 Å². The molecule has 0 spiro atoms. The molecule has 0 aliphatic carbocycles. The van der Waals surface area contributed by atoms with E-state index in [1.54, 1.807) is 0 Å². The molecule has 88 valence electrons. The average Bonchev–Trinajstić information content (AvgIpc) is 2.79. The second-order valence-corrected chi connectivity index (χ2v) is 4.69. The Morgan fingerprint density at radius 2 is 2.06 bits per heavy atom. The Morgan fingerprint density at radius 3 is 2.76 bits per heavy atom. The van der Waals surface area contributed by atoms with Crippen LogP contribution in [0.15, 0.2) is 35.7 Å². The number of nitrogens with zero attached hydrogens (tertiary/aromatic N) is 1. The van der Waals surface area contributed by atoms with Crippen LogP contribution in [0.2, 0.25) is 0 Å². The lowest BCUT2D eigenvalue weighted by Crippen LogP contribution is -2.06. The van der Waals surface area contributed by atoms with Gasteiger partial charge in [-0.1, -0.05) is 30.3 Å². The van der Waals surface area contributed by atoms with Crippen molar-refractivity contribution in [1.82, 2.24) is 4.98 Å². The number of carbonyl (C=O) groups is 1. The summed E-state index contributed by atoms with van der Waals surface area (Å²) in [5, 5.41) is 2.75. The van der Waals surface area contributed by atoms with Gasteiger partial charge < -0.3 is 5.73 Å². The molecule has 1 aromatic carbocycles. The topological polar surface area (TPSA) is 56.0 Å². The minimum atomic E-state index is 0.0655. The highest BCUT2D eigenvalue weighted by atomic mass is 32.1. The lowest BCUT2D eigenvalue weighted by atomic mass is 10.1. The van der Waals surface area contributed by atoms with E-state index in [4.69, 9.17) is 5.73 Å². The molecule has 3 nitrogen and oxygen atoms in total. The Morgan fingerprint density at radius 1 is 1.29 bits per heavy atom. The van der Waals surface area contributed by atoms with Gasteiger partial charge in [0.1, 0.15) is 5.69 Å². The maximum Gasteiger partial charge on any atom is 0.186 e. The maximum atomic E-state index is 11.9. The fourth-order valence-electron chi connectivity index (χ4n) is 1.55. The van der Waals surface area contributed by atoms with Crippen molar-refractivity contribution in [3.8, 4) is 0 Å². The Labute approximate surface area is 104 Å². The summed E-state index contributed by atoms with van der Waals surface area (Å²) in [6.45, 7) is 0.569. The van der Waals surface area contributed by atoms with E-state index in [0.717, 1.165) is 17.0 Å². The summed E-state index contributed by atoms with van der Waals surface area (Å²) in [5.74, 6) is 0.0655. The minimum Gasteiger partial charge on any atom is -0.330 e. The van der Waals surface area contributed by atoms with Crippen LogP contribution < -0.4 is 5.73 Å². The van der Waals surface area contributed by atoms with Crippen LogP contribution in [-0.2, 0) is 12.8 Å². The maximum absolute atomic E-state index is 11.9. The van der Waals surface area contributed by atoms with Crippen LogP contribution in [-0.4, -0.2) is 17.3 Å². The van der Waals surface area contributed by atoms with Crippen molar-refractivity contribution in [2.45, 2.75) is 12.8 Å². The van der Waals surface area contributed by atoms with Crippen LogP contribution in [0.1, 0.15) is 21.1 Å². The summed E-state index contributed by atoms with van der Waals surface area (Å²) in [7, 11) is 0. The van der Waals surface area contributed by atoms with Gasteiger partial charge in [-0.15, -0.1) is 11.3 Å². The van der Waals surface area contributed by atoms with Crippen LogP contribution in [0.4, 0.5) is 0 Å². The van der Waals surface area contributed by atoms with Crippen LogP contribution in [0.25, 0.3) is 0 Å². The van der Waals surface area contributed by atoms with E-state index in [1.165, 1.54) is 11.3 Å². The summed E-state index contributed by atoms with van der Waals surface area (Å²) in [5.41, 5.74) is 7.03. The number of hydrogen-bond donors (Lipinski definition) is 1. The number of ketones is 1. The molecule has 0 atom stereocenters. The number of aromatic nitrogens is 1. The predicted octanol–water partition coefficient (Wildman–Crippen LogP) is 2.07. The third-order valence-electron chi connectivity index (χ3n) is 2.40. The molecule has 2 N–H and O–H groups in total. The number of hydrogen-bond acceptors (Lipinski definition) is 4. The molecule has 2 aromatic rings. The molecular formula is C13H14N2OS. The largest absolute Gasteiger partial charge is 0.330 e. The third kappa shape index (κ3) is 3.22. The number of rotatable bonds is 5. The number of nitrogens with two attached hydrogens (primary N) is 1. The van der Waals surface area contributed by atoms with Gasteiger partial charge in [0.05, 0.1) is 5.01 Å². The van der Waals surface area contributed by atoms with Gasteiger partial charge in [0, 0.05) is 18.2 Å². The monoisotopic (exact) mass is 246 g/mol. The van der Waals surface area contributed by atoms with Crippen molar-refractivity contribution >= 4 is 17.1 Å². The first-order chi connectivity index (χ1) is 8.29. The zero-order valence-corrected chi connectivity index (χ0v) is 10.2. The van der Waals surface area contributed by atoms with Crippen LogP contribution in [0.3, 0.4) is 0 Å². The van der Waals surface area contributed by atoms with E-state index in [1.807, 2.05) is 35.7 Å². The Bertz CT molecular complexity index is 493. The van der Waals surface area contributed by atoms with Gasteiger partial charge in [-0.05, 0) is 12.1 Å². The molecule has 1 heterocycles. The lowest BCUT2D eigenvalue weighted by Gasteiger charge is -1.97. The van der Waals surface area contributed by atoms with E-state index < -0.39 is 0 Å². The third-order valence-corrected chi connectivity index (χ3v) is 3.31. The number of benzene rings is 1. The number of Topliss-reactive ketones (excluding diaryl/α,β-unsaturated/α-hetero) is 1. The Hall–Kier alpha value is -1.52. The van der Waals surface area contributed by atoms with Crippen LogP contribution in [0.5, 0.6) is 0 Å². The van der Waals surface area contributed by atoms with Crippen molar-refractivity contribution in [2.24, 2.45) is 5.73 Å². The predicted molar refractivity (Wildman–Crippen MR) is 69.3 cm³/mol. The molecule has 0 radical (unpaired) electrons. The quantitative estimate of drug-likeness (QED) is 0.822. The molecule has 4 heteroatoms. The first-order valence-electron chi connectivity index (χ1n) is 5.51. The minimum absolute atomic E-state index is 0.0655. The SMILES string of the molecule is NCCc1nc(C(=O)Cc2ccccc2)cs1. The highest BCUT2D eigenvalue weighted by Crippen LogP contribution is 2.12. The molecule has 0 fully saturated rings. The smallest absolute Gasteiger partial charge is 0.186 e. The summed E-state index contributed by atoms with van der Waals surface area (Å²) >= 11 is 1.50. The lowest BCUT2D eigenvalue weighted by molar-refractivity contribution is 0.0988. The van der Waals surface area contributed by atoms with Crippen molar-refractivity contribution in [3.05, 3.63) is 52.0 Å². The van der Waals surface area contributed by atoms with Crippen LogP contribution in [0, 0.1) is 0 Å². The van der Waals surface area contributed by atoms with Gasteiger partial charge in [-0.2, -0.15) is 0 Å². The number of carbonyl (C=O) groups excluding carboxylic acids is 1. The molecule has 0 amide bonds. The second kappa shape index (κ2) is 5.70. The molecule has 1 aromatic heterocycles. The molecular weight excluding hydrogens is 232 g/mol. The van der Waals surface area contributed by atoms with Gasteiger partial charge >= 0.3 is 0 Å². The molecule has 17 heavy (non-hydrogen) atoms. The highest BCUT2D eigenvalue weighted by Gasteiger charge is 2.10. The van der Waals surface area contributed by atoms with Crippen molar-refractivity contribution in [3.63, 3.8) is 0 Å². The highest BCUT2D eigenvalue weighted by molar-refractivity contribution is 7.09. The first-order valence-corrected chi connectivity index (χ1v) is 6.39. The van der Waals surface area contributed by atoms with Crippen molar-refractivity contribution < 1.29 is 4.79 Å². The van der Waals surface area contributed by atoms with E-state index in [-0.39, 0.29) is 5.78 Å². The van der Waals surface area contributed by atoms with Gasteiger partial charge in [0.25, 0.3) is 0 Å². The zero-order valence-electron chi connectivity index (χ0n) is 9.43. The normalized spacial score (nSPS) is 10.4. The summed E-state index contributed by atoms with van der Waals surface area (Å²) < 4.78 is 0. The molecule has 0 saturated heterocycles. The molecule has 0 aliphatic rings. The summed E-state index contributed by atoms with van der Waals surface area (Å²) in [4.78, 5) is 16.2. The molecule has 0 unspecified atom stereocenters. The molecule has 2 rings (SSSR count). The molecule has 0 aliphatic heterocycles. The summed E-state index contributed by atoms with van der Waals surface area (Å²) in [6, 6.07) is 9.71. The zero-order chi connectivity index (χ0) is 12.1. The first kappa shape index (κ1) is 12.0. The van der Waals surface area contributed by atoms with E-state index >= 15 is 0 Å². The average molecular weight is 246 g/mol. The van der Waals surface area contributed by atoms with Crippen molar-refractivity contribution in [1.29, 1.82) is 0 Å². The molecule has 0 bridgehead atoms. The van der Waals surface area contributed by atoms with Gasteiger partial charge in [-0.25, -0.2) is 4.98 Å². The summed E-state index contributed by atoms with van der Waals surface area (Å²) in [6.07, 6.45) is 1.15. The van der Waals surface area contributed by atoms with E-state index in [9.17, 15) is 4.79 Å². The number of thiazole rings is 1. The second-order valence-electron chi connectivity index (χ2n) is 3.75. The standard InChI is InChI=1S/C13H14N2OS/c14-7-6-13-15-11(9-17-13)12(16)8-10-4-2-1-3-5-10/h1-5,9H,6-8,14H2. The van der Waals surface area contributed by atoms with Crippen LogP contribution >= 0.6 is 11.3 Å². The van der Waals surface area contributed by atoms with Gasteiger partial charge in [-0.3, -0.25) is 4.79 Å². The Balaban J connectivity index is 2.04. The molecule has 0 saturated carbocycles. The fourth-order valence-corrected chi connectivity index (χ4v) is 2.37. The van der Waals surface area contributed by atoms with E-state index in [2.05, 4.69) is 4.98 Å². The Kier molecular flexibility index (Phi) is 4.01. The van der Waals surface area contributed by atoms with E-state index in [0.29, 0.717) is 18.7 Å². The fraction of sp³-hybridized carbons (Fsp3) is 0.231. The van der Waals surface area contributed by atoms with Gasteiger partial charge in [0.15, 0.2) is 5.78 Å². The van der Waals surface area contributed by atoms with Gasteiger partial charge in [0.2, 0.25) is 0 Å².